The van der Waals surface area contributed by atoms with Crippen molar-refractivity contribution in [2.75, 3.05) is 19.0 Å². The molecule has 7 nitrogen and oxygen atoms in total. The topological polar surface area (TPSA) is 80.5 Å². The number of ether oxygens (including phenoxy) is 1. The molecule has 0 fully saturated rings. The minimum atomic E-state index is -1.43. The van der Waals surface area contributed by atoms with Crippen LogP contribution < -0.4 is 9.64 Å². The molecule has 0 atom stereocenters. The molecule has 0 aliphatic rings. The van der Waals surface area contributed by atoms with Crippen LogP contribution in [0.5, 0.6) is 5.88 Å². The molecular weight excluding hydrogens is 284 g/mol. The molecule has 0 bridgehead atoms. The van der Waals surface area contributed by atoms with Crippen LogP contribution in [0.2, 0.25) is 5.02 Å². The Morgan fingerprint density at radius 2 is 2.15 bits per heavy atom. The lowest BCUT2D eigenvalue weighted by Crippen LogP contribution is -2.17. The zero-order chi connectivity index (χ0) is 14.7. The number of carbonyl (C=O) groups is 1. The molecule has 0 aliphatic heterocycles. The number of hydrogen-bond acceptors (Lipinski definition) is 5. The first-order valence-corrected chi connectivity index (χ1v) is 6.12. The summed E-state index contributed by atoms with van der Waals surface area (Å²) in [5.74, 6) is 0.391. The highest BCUT2D eigenvalue weighted by Gasteiger charge is 2.19. The van der Waals surface area contributed by atoms with Crippen molar-refractivity contribution in [3.63, 3.8) is 0 Å². The molecule has 0 saturated heterocycles. The van der Waals surface area contributed by atoms with E-state index in [1.54, 1.807) is 25.1 Å². The molecule has 106 valence electrons. The molecule has 8 heteroatoms. The number of carboxylic acid groups (broad SMARTS) is 1. The van der Waals surface area contributed by atoms with Crippen molar-refractivity contribution in [3.05, 3.63) is 34.9 Å². The maximum Gasteiger partial charge on any atom is 0.512 e. The van der Waals surface area contributed by atoms with Gasteiger partial charge in [0.25, 0.3) is 5.88 Å². The highest BCUT2D eigenvalue weighted by atomic mass is 35.5. The van der Waals surface area contributed by atoms with Gasteiger partial charge in [-0.1, -0.05) is 40.1 Å². The van der Waals surface area contributed by atoms with Gasteiger partial charge in [0, 0.05) is 19.1 Å². The van der Waals surface area contributed by atoms with Crippen molar-refractivity contribution < 1.29 is 14.6 Å². The van der Waals surface area contributed by atoms with E-state index in [0.717, 1.165) is 5.56 Å². The van der Waals surface area contributed by atoms with Crippen molar-refractivity contribution in [1.29, 1.82) is 0 Å². The molecule has 0 saturated carbocycles. The number of benzene rings is 1. The van der Waals surface area contributed by atoms with E-state index in [0.29, 0.717) is 17.4 Å². The summed E-state index contributed by atoms with van der Waals surface area (Å²) in [6.45, 7) is 0.364. The third-order valence-electron chi connectivity index (χ3n) is 2.56. The van der Waals surface area contributed by atoms with Crippen molar-refractivity contribution in [2.45, 2.75) is 6.54 Å². The Bertz CT molecular complexity index is 627. The normalized spacial score (nSPS) is 10.3. The number of nitrogens with zero attached hydrogens (tertiary/aromatic N) is 4. The molecule has 0 spiro atoms. The first-order valence-electron chi connectivity index (χ1n) is 5.74. The summed E-state index contributed by atoms with van der Waals surface area (Å²) in [5, 5.41) is 16.9. The van der Waals surface area contributed by atoms with Crippen LogP contribution >= 0.6 is 11.6 Å². The van der Waals surface area contributed by atoms with Gasteiger partial charge in [0.15, 0.2) is 5.82 Å². The Balaban J connectivity index is 2.35. The van der Waals surface area contributed by atoms with Gasteiger partial charge in [0.1, 0.15) is 0 Å². The zero-order valence-corrected chi connectivity index (χ0v) is 11.7. The lowest BCUT2D eigenvalue weighted by Gasteiger charge is -2.15. The van der Waals surface area contributed by atoms with E-state index >= 15 is 0 Å². The lowest BCUT2D eigenvalue weighted by atomic mass is 10.2. The van der Waals surface area contributed by atoms with Crippen LogP contribution in [0, 0.1) is 0 Å². The van der Waals surface area contributed by atoms with Gasteiger partial charge in [-0.25, -0.2) is 9.48 Å². The average Bonchev–Trinajstić information content (AvgIpc) is 2.74. The van der Waals surface area contributed by atoms with E-state index < -0.39 is 6.16 Å². The number of anilines is 1. The van der Waals surface area contributed by atoms with Crippen LogP contribution in [-0.4, -0.2) is 40.4 Å². The van der Waals surface area contributed by atoms with Crippen LogP contribution in [0.3, 0.4) is 0 Å². The second-order valence-corrected chi connectivity index (χ2v) is 4.64. The molecule has 1 aromatic carbocycles. The van der Waals surface area contributed by atoms with Crippen LogP contribution in [0.1, 0.15) is 5.56 Å². The summed E-state index contributed by atoms with van der Waals surface area (Å²) in [4.78, 5) is 12.3. The third-order valence-corrected chi connectivity index (χ3v) is 2.93. The zero-order valence-electron chi connectivity index (χ0n) is 10.9. The van der Waals surface area contributed by atoms with Crippen molar-refractivity contribution in [3.8, 4) is 5.88 Å². The summed E-state index contributed by atoms with van der Waals surface area (Å²) < 4.78 is 6.13. The fraction of sp³-hybridized carbons (Fsp3) is 0.250. The van der Waals surface area contributed by atoms with Gasteiger partial charge in [-0.15, -0.1) is 0 Å². The third kappa shape index (κ3) is 3.00. The van der Waals surface area contributed by atoms with Crippen LogP contribution in [0.4, 0.5) is 10.6 Å². The van der Waals surface area contributed by atoms with Crippen LogP contribution in [0.25, 0.3) is 0 Å². The van der Waals surface area contributed by atoms with Gasteiger partial charge in [-0.05, 0) is 11.6 Å². The molecule has 2 aromatic rings. The molecule has 20 heavy (non-hydrogen) atoms. The van der Waals surface area contributed by atoms with Gasteiger partial charge in [0.2, 0.25) is 0 Å². The fourth-order valence-corrected chi connectivity index (χ4v) is 1.95. The second kappa shape index (κ2) is 5.79. The number of halogens is 1. The highest BCUT2D eigenvalue weighted by Crippen LogP contribution is 2.26. The van der Waals surface area contributed by atoms with E-state index in [9.17, 15) is 4.79 Å². The first-order chi connectivity index (χ1) is 9.49. The predicted octanol–water partition coefficient (Wildman–Crippen LogP) is 2.10. The molecule has 0 aliphatic carbocycles. The Hall–Kier alpha value is -2.28. The largest absolute Gasteiger partial charge is 0.512 e. The predicted molar refractivity (Wildman–Crippen MR) is 73.6 cm³/mol. The van der Waals surface area contributed by atoms with Crippen molar-refractivity contribution in [1.82, 2.24) is 15.0 Å². The molecule has 2 rings (SSSR count). The molecule has 0 radical (unpaired) electrons. The SMILES string of the molecule is CN(C)c1c(OC(=O)O)nnn1Cc1ccccc1Cl. The van der Waals surface area contributed by atoms with E-state index in [4.69, 9.17) is 16.7 Å². The Kier molecular flexibility index (Phi) is 4.09. The highest BCUT2D eigenvalue weighted by molar-refractivity contribution is 6.31. The molecular formula is C12H13ClN4O3. The Morgan fingerprint density at radius 3 is 2.75 bits per heavy atom. The maximum atomic E-state index is 10.6. The summed E-state index contributed by atoms with van der Waals surface area (Å²) in [5.41, 5.74) is 0.851. The summed E-state index contributed by atoms with van der Waals surface area (Å²) >= 11 is 6.10. The minimum absolute atomic E-state index is 0.0606. The van der Waals surface area contributed by atoms with E-state index in [-0.39, 0.29) is 5.88 Å². The lowest BCUT2D eigenvalue weighted by molar-refractivity contribution is 0.142. The van der Waals surface area contributed by atoms with Crippen molar-refractivity contribution >= 4 is 23.6 Å². The minimum Gasteiger partial charge on any atom is -0.449 e. The van der Waals surface area contributed by atoms with Gasteiger partial charge in [-0.2, -0.15) is 0 Å². The average molecular weight is 297 g/mol. The summed E-state index contributed by atoms with van der Waals surface area (Å²) in [7, 11) is 3.49. The Morgan fingerprint density at radius 1 is 1.45 bits per heavy atom. The van der Waals surface area contributed by atoms with E-state index in [1.807, 2.05) is 18.2 Å². The first kappa shape index (κ1) is 14.1. The second-order valence-electron chi connectivity index (χ2n) is 4.23. The monoisotopic (exact) mass is 296 g/mol. The molecule has 0 unspecified atom stereocenters. The standard InChI is InChI=1S/C12H13ClN4O3/c1-16(2)11-10(20-12(18)19)14-15-17(11)7-8-5-3-4-6-9(8)13/h3-6H,7H2,1-2H3,(H,18,19). The quantitative estimate of drug-likeness (QED) is 0.870. The van der Waals surface area contributed by atoms with Crippen LogP contribution in [-0.2, 0) is 6.54 Å². The van der Waals surface area contributed by atoms with Crippen molar-refractivity contribution in [2.24, 2.45) is 0 Å². The Labute approximate surface area is 120 Å². The van der Waals surface area contributed by atoms with Crippen LogP contribution in [0.15, 0.2) is 24.3 Å². The molecule has 1 aromatic heterocycles. The summed E-state index contributed by atoms with van der Waals surface area (Å²) in [6.07, 6.45) is -1.43. The van der Waals surface area contributed by atoms with Gasteiger partial charge in [0.05, 0.1) is 6.54 Å². The fourth-order valence-electron chi connectivity index (χ4n) is 1.76. The van der Waals surface area contributed by atoms with E-state index in [2.05, 4.69) is 15.0 Å². The maximum absolute atomic E-state index is 10.6. The number of rotatable bonds is 4. The van der Waals surface area contributed by atoms with Gasteiger partial charge in [-0.3, -0.25) is 0 Å². The molecule has 1 heterocycles. The van der Waals surface area contributed by atoms with Gasteiger partial charge >= 0.3 is 6.16 Å². The van der Waals surface area contributed by atoms with Gasteiger partial charge < -0.3 is 14.7 Å². The summed E-state index contributed by atoms with van der Waals surface area (Å²) in [6, 6.07) is 7.33. The number of hydrogen-bond donors (Lipinski definition) is 1. The molecule has 0 amide bonds. The smallest absolute Gasteiger partial charge is 0.449 e. The molecule has 1 N–H and O–H groups in total. The number of aromatic nitrogens is 3. The van der Waals surface area contributed by atoms with E-state index in [1.165, 1.54) is 4.68 Å².